The van der Waals surface area contributed by atoms with Crippen molar-refractivity contribution in [3.8, 4) is 6.07 Å². The molecule has 0 saturated carbocycles. The normalized spacial score (nSPS) is 30.2. The molecule has 2 saturated heterocycles. The number of nitrogens with zero attached hydrogens (tertiary/aromatic N) is 1. The molecule has 0 N–H and O–H groups in total. The molecule has 134 valence electrons. The molecule has 0 spiro atoms. The molecule has 1 aromatic rings. The van der Waals surface area contributed by atoms with Crippen molar-refractivity contribution in [2.24, 2.45) is 11.8 Å². The van der Waals surface area contributed by atoms with Gasteiger partial charge in [0.15, 0.2) is 12.6 Å². The van der Waals surface area contributed by atoms with Gasteiger partial charge in [0.25, 0.3) is 0 Å². The van der Waals surface area contributed by atoms with Gasteiger partial charge in [0.1, 0.15) is 0 Å². The minimum Gasteiger partial charge on any atom is -0.352 e. The summed E-state index contributed by atoms with van der Waals surface area (Å²) in [5.41, 5.74) is 1.59. The van der Waals surface area contributed by atoms with E-state index in [1.165, 1.54) is 0 Å². The van der Waals surface area contributed by atoms with Crippen LogP contribution in [0.3, 0.4) is 0 Å². The van der Waals surface area contributed by atoms with Gasteiger partial charge in [-0.05, 0) is 31.9 Å². The Morgan fingerprint density at radius 2 is 1.68 bits per heavy atom. The van der Waals surface area contributed by atoms with Crippen LogP contribution in [0.1, 0.15) is 37.2 Å². The lowest BCUT2D eigenvalue weighted by atomic mass is 10.0. The first-order valence-corrected chi connectivity index (χ1v) is 8.87. The highest BCUT2D eigenvalue weighted by molar-refractivity contribution is 5.32. The quantitative estimate of drug-likeness (QED) is 0.765. The number of ether oxygens (including phenoxy) is 4. The number of benzene rings is 1. The van der Waals surface area contributed by atoms with Crippen LogP contribution in [-0.4, -0.2) is 32.7 Å². The smallest absolute Gasteiger partial charge is 0.183 e. The van der Waals surface area contributed by atoms with E-state index >= 15 is 0 Å². The van der Waals surface area contributed by atoms with Crippen molar-refractivity contribution in [1.82, 2.24) is 0 Å². The molecule has 2 aliphatic rings. The Morgan fingerprint density at radius 3 is 2.28 bits per heavy atom. The number of nitriles is 1. The highest BCUT2D eigenvalue weighted by atomic mass is 16.7. The van der Waals surface area contributed by atoms with Crippen molar-refractivity contribution < 1.29 is 18.9 Å². The molecule has 5 heteroatoms. The summed E-state index contributed by atoms with van der Waals surface area (Å²) in [6.07, 6.45) is 5.53. The number of hydrogen-bond acceptors (Lipinski definition) is 5. The van der Waals surface area contributed by atoms with Crippen LogP contribution < -0.4 is 0 Å². The average molecular weight is 343 g/mol. The van der Waals surface area contributed by atoms with Gasteiger partial charge in [-0.1, -0.05) is 24.3 Å². The van der Waals surface area contributed by atoms with Gasteiger partial charge in [-0.3, -0.25) is 0 Å². The molecular formula is C20H25NO4. The molecule has 2 heterocycles. The van der Waals surface area contributed by atoms with Crippen molar-refractivity contribution >= 4 is 0 Å². The van der Waals surface area contributed by atoms with E-state index < -0.39 is 0 Å². The van der Waals surface area contributed by atoms with Crippen molar-refractivity contribution in [1.29, 1.82) is 5.26 Å². The maximum atomic E-state index is 8.85. The third-order valence-electron chi connectivity index (χ3n) is 4.55. The van der Waals surface area contributed by atoms with Gasteiger partial charge in [-0.15, -0.1) is 0 Å². The summed E-state index contributed by atoms with van der Waals surface area (Å²) in [7, 11) is 0. The molecule has 0 radical (unpaired) electrons. The minimum absolute atomic E-state index is 0.113. The minimum atomic E-state index is -0.340. The van der Waals surface area contributed by atoms with E-state index in [0.717, 1.165) is 31.6 Å². The summed E-state index contributed by atoms with van der Waals surface area (Å²) in [5.74, 6) is 0.728. The molecule has 0 aromatic heterocycles. The fraction of sp³-hybridized carbons (Fsp3) is 0.550. The zero-order valence-electron chi connectivity index (χ0n) is 14.6. The van der Waals surface area contributed by atoms with Gasteiger partial charge in [0.2, 0.25) is 0 Å². The Balaban J connectivity index is 1.37. The van der Waals surface area contributed by atoms with Crippen LogP contribution >= 0.6 is 0 Å². The Bertz CT molecular complexity index is 591. The standard InChI is InChI=1S/C20H25NO4/c1-2-3-16-11-22-19(23-12-16)9-6-17-13-24-20(25-14-17)18-7-4-15(10-21)5-8-18/h2-5,7-8,16-17,19-20H,6,9,11-14H2,1H3/b3-2-. The molecule has 0 aliphatic carbocycles. The van der Waals surface area contributed by atoms with E-state index in [-0.39, 0.29) is 12.6 Å². The average Bonchev–Trinajstić information content (AvgIpc) is 2.68. The van der Waals surface area contributed by atoms with Gasteiger partial charge in [0.05, 0.1) is 38.1 Å². The maximum absolute atomic E-state index is 8.85. The zero-order valence-corrected chi connectivity index (χ0v) is 14.6. The summed E-state index contributed by atoms with van der Waals surface area (Å²) < 4.78 is 23.2. The number of allylic oxidation sites excluding steroid dienone is 1. The van der Waals surface area contributed by atoms with Gasteiger partial charge < -0.3 is 18.9 Å². The fourth-order valence-corrected chi connectivity index (χ4v) is 3.10. The molecule has 1 aromatic carbocycles. The number of rotatable bonds is 5. The molecule has 0 atom stereocenters. The van der Waals surface area contributed by atoms with Crippen molar-refractivity contribution in [3.05, 3.63) is 47.5 Å². The summed E-state index contributed by atoms with van der Waals surface area (Å²) in [4.78, 5) is 0. The first kappa shape index (κ1) is 18.1. The van der Waals surface area contributed by atoms with Crippen molar-refractivity contribution in [2.75, 3.05) is 26.4 Å². The first-order valence-electron chi connectivity index (χ1n) is 8.87. The topological polar surface area (TPSA) is 60.7 Å². The highest BCUT2D eigenvalue weighted by Gasteiger charge is 2.26. The van der Waals surface area contributed by atoms with Crippen molar-refractivity contribution in [2.45, 2.75) is 32.3 Å². The lowest BCUT2D eigenvalue weighted by Gasteiger charge is -2.32. The molecule has 0 bridgehead atoms. The van der Waals surface area contributed by atoms with E-state index in [4.69, 9.17) is 24.2 Å². The van der Waals surface area contributed by atoms with Crippen LogP contribution in [0, 0.1) is 23.2 Å². The van der Waals surface area contributed by atoms with E-state index in [1.54, 1.807) is 12.1 Å². The second-order valence-corrected chi connectivity index (χ2v) is 6.56. The van der Waals surface area contributed by atoms with Crippen LogP contribution in [0.2, 0.25) is 0 Å². The third kappa shape index (κ3) is 5.13. The number of hydrogen-bond donors (Lipinski definition) is 0. The lowest BCUT2D eigenvalue weighted by molar-refractivity contribution is -0.217. The van der Waals surface area contributed by atoms with E-state index in [2.05, 4.69) is 12.1 Å². The van der Waals surface area contributed by atoms with Gasteiger partial charge >= 0.3 is 0 Å². The molecule has 2 fully saturated rings. The fourth-order valence-electron chi connectivity index (χ4n) is 3.10. The highest BCUT2D eigenvalue weighted by Crippen LogP contribution is 2.28. The molecule has 2 aliphatic heterocycles. The van der Waals surface area contributed by atoms with Crippen LogP contribution in [0.25, 0.3) is 0 Å². The molecule has 0 unspecified atom stereocenters. The second-order valence-electron chi connectivity index (χ2n) is 6.56. The van der Waals surface area contributed by atoms with Gasteiger partial charge in [0, 0.05) is 17.4 Å². The molecule has 25 heavy (non-hydrogen) atoms. The Morgan fingerprint density at radius 1 is 1.00 bits per heavy atom. The third-order valence-corrected chi connectivity index (χ3v) is 4.55. The predicted molar refractivity (Wildman–Crippen MR) is 92.5 cm³/mol. The Labute approximate surface area is 149 Å². The summed E-state index contributed by atoms with van der Waals surface area (Å²) in [5, 5.41) is 8.85. The SMILES string of the molecule is C/C=C\C1COC(CCC2COC(c3ccc(C#N)cc3)OC2)OC1. The van der Waals surface area contributed by atoms with Gasteiger partial charge in [-0.2, -0.15) is 5.26 Å². The molecule has 5 nitrogen and oxygen atoms in total. The molecular weight excluding hydrogens is 318 g/mol. The summed E-state index contributed by atoms with van der Waals surface area (Å²) in [6, 6.07) is 9.45. The predicted octanol–water partition coefficient (Wildman–Crippen LogP) is 3.57. The zero-order chi connectivity index (χ0) is 17.5. The van der Waals surface area contributed by atoms with E-state index in [1.807, 2.05) is 25.1 Å². The van der Waals surface area contributed by atoms with Crippen LogP contribution in [0.15, 0.2) is 36.4 Å². The van der Waals surface area contributed by atoms with Crippen LogP contribution in [-0.2, 0) is 18.9 Å². The largest absolute Gasteiger partial charge is 0.352 e. The summed E-state index contributed by atoms with van der Waals surface area (Å²) in [6.45, 7) is 4.80. The lowest BCUT2D eigenvalue weighted by Crippen LogP contribution is -2.33. The second kappa shape index (κ2) is 9.12. The van der Waals surface area contributed by atoms with Crippen molar-refractivity contribution in [3.63, 3.8) is 0 Å². The van der Waals surface area contributed by atoms with Crippen LogP contribution in [0.5, 0.6) is 0 Å². The first-order chi connectivity index (χ1) is 12.3. The molecule has 0 amide bonds. The Hall–Kier alpha value is -1.71. The van der Waals surface area contributed by atoms with Gasteiger partial charge in [-0.25, -0.2) is 0 Å². The monoisotopic (exact) mass is 343 g/mol. The molecule has 3 rings (SSSR count). The van der Waals surface area contributed by atoms with E-state index in [0.29, 0.717) is 30.6 Å². The van der Waals surface area contributed by atoms with Crippen LogP contribution in [0.4, 0.5) is 0 Å². The summed E-state index contributed by atoms with van der Waals surface area (Å²) >= 11 is 0. The van der Waals surface area contributed by atoms with E-state index in [9.17, 15) is 0 Å². The maximum Gasteiger partial charge on any atom is 0.183 e. The Kier molecular flexibility index (Phi) is 6.60.